The van der Waals surface area contributed by atoms with Crippen molar-refractivity contribution in [1.82, 2.24) is 9.97 Å². The van der Waals surface area contributed by atoms with Gasteiger partial charge in [-0.15, -0.1) is 0 Å². The maximum absolute atomic E-state index is 15.0. The van der Waals surface area contributed by atoms with Crippen molar-refractivity contribution < 1.29 is 9.13 Å². The number of nitrogens with two attached hydrogens (primary N) is 2. The molecule has 0 radical (unpaired) electrons. The van der Waals surface area contributed by atoms with Crippen LogP contribution in [0.2, 0.25) is 10.0 Å². The van der Waals surface area contributed by atoms with E-state index in [4.69, 9.17) is 44.8 Å². The lowest BCUT2D eigenvalue weighted by Gasteiger charge is -2.48. The number of hydrogen-bond acceptors (Lipinski definition) is 7. The molecule has 36 heavy (non-hydrogen) atoms. The number of hydrogen-bond donors (Lipinski definition) is 3. The third-order valence-electron chi connectivity index (χ3n) is 6.72. The summed E-state index contributed by atoms with van der Waals surface area (Å²) >= 11 is 12.5. The van der Waals surface area contributed by atoms with Crippen LogP contribution in [0, 0.1) is 17.1 Å². The van der Waals surface area contributed by atoms with Crippen molar-refractivity contribution in [2.45, 2.75) is 37.8 Å². The van der Waals surface area contributed by atoms with Crippen molar-refractivity contribution in [3.63, 3.8) is 0 Å². The van der Waals surface area contributed by atoms with Crippen LogP contribution in [0.25, 0.3) is 0 Å². The van der Waals surface area contributed by atoms with E-state index in [1.54, 1.807) is 18.2 Å². The first kappa shape index (κ1) is 24.7. The average molecular weight is 529 g/mol. The Morgan fingerprint density at radius 2 is 1.92 bits per heavy atom. The quantitative estimate of drug-likeness (QED) is 0.267. The number of nitrogens with zero attached hydrogens (tertiary/aromatic N) is 3. The van der Waals surface area contributed by atoms with Crippen LogP contribution in [0.5, 0.6) is 5.75 Å². The second kappa shape index (κ2) is 9.50. The zero-order valence-corrected chi connectivity index (χ0v) is 21.3. The molecule has 1 saturated heterocycles. The fourth-order valence-electron chi connectivity index (χ4n) is 4.74. The van der Waals surface area contributed by atoms with Gasteiger partial charge in [-0.05, 0) is 43.5 Å². The van der Waals surface area contributed by atoms with E-state index in [0.29, 0.717) is 57.2 Å². The van der Waals surface area contributed by atoms with E-state index in [2.05, 4.69) is 9.97 Å². The Balaban J connectivity index is 1.32. The van der Waals surface area contributed by atoms with Crippen molar-refractivity contribution >= 4 is 40.4 Å². The number of nitrogens with one attached hydrogen (secondary N) is 1. The lowest BCUT2D eigenvalue weighted by molar-refractivity contribution is 0.227. The third kappa shape index (κ3) is 4.98. The molecular weight excluding hydrogens is 502 g/mol. The molecule has 1 saturated carbocycles. The number of pyridine rings is 2. The highest BCUT2D eigenvalue weighted by atomic mass is 35.5. The van der Waals surface area contributed by atoms with Crippen molar-refractivity contribution in [3.8, 4) is 5.75 Å². The summed E-state index contributed by atoms with van der Waals surface area (Å²) in [6, 6.07) is 6.28. The first-order valence-electron chi connectivity index (χ1n) is 11.8. The summed E-state index contributed by atoms with van der Waals surface area (Å²) in [7, 11) is 0. The Bertz CT molecular complexity index is 1310. The average Bonchev–Trinajstić information content (AvgIpc) is 3.62. The fraction of sp³-hybridized carbons (Fsp3) is 0.346. The van der Waals surface area contributed by atoms with Gasteiger partial charge in [0.15, 0.2) is 11.6 Å². The summed E-state index contributed by atoms with van der Waals surface area (Å²) in [4.78, 5) is 10.1. The molecule has 0 spiro atoms. The van der Waals surface area contributed by atoms with Crippen LogP contribution in [-0.2, 0) is 0 Å². The zero-order chi connectivity index (χ0) is 25.6. The molecule has 1 atom stereocenters. The number of benzene rings is 1. The third-order valence-corrected chi connectivity index (χ3v) is 7.32. The number of ether oxygens (including phenoxy) is 1. The minimum atomic E-state index is -0.493. The molecule has 1 aromatic carbocycles. The highest BCUT2D eigenvalue weighted by Gasteiger charge is 2.44. The molecule has 5 N–H and O–H groups in total. The molecule has 10 heteroatoms. The van der Waals surface area contributed by atoms with Crippen LogP contribution in [0.4, 0.5) is 15.9 Å². The second-order valence-electron chi connectivity index (χ2n) is 9.80. The van der Waals surface area contributed by atoms with Gasteiger partial charge in [-0.2, -0.15) is 0 Å². The SMILES string of the molecule is C[C@@H](Oc1ccc(N)c(C(=N)c2cnc(N3CC(N)(CC4CC4)C3)c(F)c2)c1)c1c(Cl)cncc1Cl. The molecule has 5 rings (SSSR count). The highest BCUT2D eigenvalue weighted by Crippen LogP contribution is 2.40. The van der Waals surface area contributed by atoms with E-state index >= 15 is 4.39 Å². The predicted molar refractivity (Wildman–Crippen MR) is 141 cm³/mol. The number of anilines is 2. The van der Waals surface area contributed by atoms with Gasteiger partial charge in [0.05, 0.1) is 21.3 Å². The molecular formula is C26H27Cl2FN6O. The zero-order valence-electron chi connectivity index (χ0n) is 19.8. The normalized spacial score (nSPS) is 17.4. The molecule has 7 nitrogen and oxygen atoms in total. The Labute approximate surface area is 219 Å². The molecule has 2 aromatic heterocycles. The Kier molecular flexibility index (Phi) is 6.53. The maximum atomic E-state index is 15.0. The summed E-state index contributed by atoms with van der Waals surface area (Å²) in [5.74, 6) is 0.936. The number of halogens is 3. The standard InChI is InChI=1S/C26H27Cl2FN6O/c1-14(23-19(27)10-33-11-20(23)28)36-17-4-5-22(30)18(7-17)24(31)16-6-21(29)25(34-9-16)35-12-26(32,13-35)8-15-2-3-15/h4-7,9-11,14-15,31H,2-3,8,12-13,30,32H2,1H3/t14-/m1/s1. The van der Waals surface area contributed by atoms with Crippen LogP contribution in [0.15, 0.2) is 42.9 Å². The van der Waals surface area contributed by atoms with E-state index in [1.165, 1.54) is 37.5 Å². The Hall–Kier alpha value is -2.94. The molecule has 2 aliphatic rings. The van der Waals surface area contributed by atoms with E-state index in [1.807, 2.05) is 11.8 Å². The Morgan fingerprint density at radius 3 is 2.56 bits per heavy atom. The van der Waals surface area contributed by atoms with Crippen LogP contribution >= 0.6 is 23.2 Å². The van der Waals surface area contributed by atoms with Gasteiger partial charge in [0.1, 0.15) is 11.9 Å². The summed E-state index contributed by atoms with van der Waals surface area (Å²) in [5.41, 5.74) is 14.0. The van der Waals surface area contributed by atoms with Crippen molar-refractivity contribution in [2.75, 3.05) is 23.7 Å². The highest BCUT2D eigenvalue weighted by molar-refractivity contribution is 6.35. The van der Waals surface area contributed by atoms with Gasteiger partial charge in [-0.1, -0.05) is 36.0 Å². The van der Waals surface area contributed by atoms with Gasteiger partial charge in [0, 0.05) is 54.1 Å². The van der Waals surface area contributed by atoms with Gasteiger partial charge >= 0.3 is 0 Å². The molecule has 0 unspecified atom stereocenters. The molecule has 3 heterocycles. The fourth-order valence-corrected chi connectivity index (χ4v) is 5.42. The second-order valence-corrected chi connectivity index (χ2v) is 10.6. The molecule has 0 amide bonds. The van der Waals surface area contributed by atoms with E-state index in [0.717, 1.165) is 6.42 Å². The molecule has 2 fully saturated rings. The monoisotopic (exact) mass is 528 g/mol. The van der Waals surface area contributed by atoms with Crippen LogP contribution in [-0.4, -0.2) is 34.3 Å². The van der Waals surface area contributed by atoms with Crippen molar-refractivity contribution in [1.29, 1.82) is 5.41 Å². The first-order chi connectivity index (χ1) is 17.1. The molecule has 0 bridgehead atoms. The smallest absolute Gasteiger partial charge is 0.166 e. The Morgan fingerprint density at radius 1 is 1.22 bits per heavy atom. The van der Waals surface area contributed by atoms with Crippen molar-refractivity contribution in [2.24, 2.45) is 11.7 Å². The van der Waals surface area contributed by atoms with Crippen LogP contribution in [0.3, 0.4) is 0 Å². The van der Waals surface area contributed by atoms with Crippen LogP contribution < -0.4 is 21.1 Å². The van der Waals surface area contributed by atoms with Gasteiger partial charge in [-0.3, -0.25) is 10.4 Å². The summed E-state index contributed by atoms with van der Waals surface area (Å²) < 4.78 is 21.0. The predicted octanol–water partition coefficient (Wildman–Crippen LogP) is 5.38. The summed E-state index contributed by atoms with van der Waals surface area (Å²) in [6.45, 7) is 2.98. The number of nitrogen functional groups attached to an aromatic ring is 1. The van der Waals surface area contributed by atoms with Gasteiger partial charge in [-0.25, -0.2) is 9.37 Å². The van der Waals surface area contributed by atoms with E-state index in [-0.39, 0.29) is 17.1 Å². The van der Waals surface area contributed by atoms with Gasteiger partial charge in [0.2, 0.25) is 0 Å². The van der Waals surface area contributed by atoms with Crippen LogP contribution in [0.1, 0.15) is 49.0 Å². The van der Waals surface area contributed by atoms with Gasteiger partial charge in [0.25, 0.3) is 0 Å². The molecule has 188 valence electrons. The van der Waals surface area contributed by atoms with E-state index in [9.17, 15) is 0 Å². The topological polar surface area (TPSA) is 114 Å². The maximum Gasteiger partial charge on any atom is 0.166 e. The first-order valence-corrected chi connectivity index (χ1v) is 12.5. The molecule has 1 aliphatic heterocycles. The van der Waals surface area contributed by atoms with Crippen molar-refractivity contribution in [3.05, 3.63) is 75.4 Å². The van der Waals surface area contributed by atoms with Gasteiger partial charge < -0.3 is 21.1 Å². The number of rotatable bonds is 8. The lowest BCUT2D eigenvalue weighted by atomic mass is 9.85. The minimum Gasteiger partial charge on any atom is -0.486 e. The molecule has 1 aliphatic carbocycles. The minimum absolute atomic E-state index is 0.0362. The summed E-state index contributed by atoms with van der Waals surface area (Å²) in [5, 5.41) is 9.46. The summed E-state index contributed by atoms with van der Waals surface area (Å²) in [6.07, 6.45) is 7.46. The lowest BCUT2D eigenvalue weighted by Crippen LogP contribution is -2.68. The van der Waals surface area contributed by atoms with E-state index < -0.39 is 11.9 Å². The number of aromatic nitrogens is 2. The largest absolute Gasteiger partial charge is 0.486 e. The molecule has 3 aromatic rings.